The zero-order valence-electron chi connectivity index (χ0n) is 12.1. The molecule has 0 unspecified atom stereocenters. The Bertz CT molecular complexity index is 544. The van der Waals surface area contributed by atoms with Gasteiger partial charge >= 0.3 is 11.8 Å². The average Bonchev–Trinajstić information content (AvgIpc) is 2.44. The maximum Gasteiger partial charge on any atom is 0.329 e. The van der Waals surface area contributed by atoms with Gasteiger partial charge in [0.05, 0.1) is 13.3 Å². The number of methoxy groups -OCH3 is 1. The number of rotatable bonds is 5. The maximum atomic E-state index is 11.5. The highest BCUT2D eigenvalue weighted by atomic mass is 35.5. The third-order valence-corrected chi connectivity index (χ3v) is 2.67. The van der Waals surface area contributed by atoms with Crippen LogP contribution in [0.1, 0.15) is 19.4 Å². The van der Waals surface area contributed by atoms with Crippen molar-refractivity contribution < 1.29 is 14.3 Å². The van der Waals surface area contributed by atoms with E-state index in [0.29, 0.717) is 22.9 Å². The summed E-state index contributed by atoms with van der Waals surface area (Å²) in [5, 5.41) is 6.72. The topological polar surface area (TPSA) is 79.8 Å². The molecule has 0 atom stereocenters. The van der Waals surface area contributed by atoms with Crippen LogP contribution in [0.3, 0.4) is 0 Å². The van der Waals surface area contributed by atoms with E-state index < -0.39 is 11.8 Å². The van der Waals surface area contributed by atoms with Crippen LogP contribution < -0.4 is 15.5 Å². The van der Waals surface area contributed by atoms with Crippen molar-refractivity contribution in [3.63, 3.8) is 0 Å². The molecule has 0 aliphatic rings. The fourth-order valence-electron chi connectivity index (χ4n) is 1.39. The lowest BCUT2D eigenvalue weighted by molar-refractivity contribution is -0.139. The van der Waals surface area contributed by atoms with Gasteiger partial charge in [0, 0.05) is 17.1 Å². The molecule has 21 heavy (non-hydrogen) atoms. The van der Waals surface area contributed by atoms with Gasteiger partial charge in [-0.15, -0.1) is 0 Å². The van der Waals surface area contributed by atoms with Gasteiger partial charge in [-0.1, -0.05) is 25.4 Å². The van der Waals surface area contributed by atoms with Crippen LogP contribution in [0.15, 0.2) is 23.3 Å². The molecule has 0 aromatic heterocycles. The monoisotopic (exact) mass is 311 g/mol. The summed E-state index contributed by atoms with van der Waals surface area (Å²) in [6.45, 7) is 4.29. The Balaban J connectivity index is 2.60. The first-order valence-electron chi connectivity index (χ1n) is 6.38. The van der Waals surface area contributed by atoms with Crippen LogP contribution in [-0.4, -0.2) is 31.7 Å². The number of amides is 2. The normalized spacial score (nSPS) is 10.7. The Labute approximate surface area is 128 Å². The fourth-order valence-corrected chi connectivity index (χ4v) is 1.57. The first kappa shape index (κ1) is 17.0. The molecule has 1 aromatic carbocycles. The minimum atomic E-state index is -0.826. The summed E-state index contributed by atoms with van der Waals surface area (Å²) in [6.07, 6.45) is 1.36. The number of hydrazone groups is 1. The van der Waals surface area contributed by atoms with Gasteiger partial charge in [-0.2, -0.15) is 5.10 Å². The number of carbonyl (C=O) groups excluding carboxylic acids is 2. The highest BCUT2D eigenvalue weighted by Gasteiger charge is 2.12. The molecule has 0 aliphatic carbocycles. The smallest absolute Gasteiger partial charge is 0.329 e. The summed E-state index contributed by atoms with van der Waals surface area (Å²) in [7, 11) is 1.51. The van der Waals surface area contributed by atoms with Gasteiger partial charge in [0.1, 0.15) is 5.75 Å². The zero-order chi connectivity index (χ0) is 15.8. The van der Waals surface area contributed by atoms with Crippen molar-refractivity contribution in [2.24, 2.45) is 11.0 Å². The van der Waals surface area contributed by atoms with E-state index in [2.05, 4.69) is 15.8 Å². The molecule has 1 rings (SSSR count). The Morgan fingerprint density at radius 3 is 2.71 bits per heavy atom. The molecule has 7 heteroatoms. The van der Waals surface area contributed by atoms with Crippen molar-refractivity contribution >= 4 is 29.6 Å². The molecule has 0 aliphatic heterocycles. The molecule has 0 fully saturated rings. The Kier molecular flexibility index (Phi) is 6.68. The number of carbonyl (C=O) groups is 2. The molecule has 6 nitrogen and oxygen atoms in total. The van der Waals surface area contributed by atoms with Crippen LogP contribution in [0.2, 0.25) is 5.02 Å². The maximum absolute atomic E-state index is 11.5. The molecule has 0 heterocycles. The minimum absolute atomic E-state index is 0.265. The Hall–Kier alpha value is -2.08. The molecule has 0 radical (unpaired) electrons. The number of nitrogens with zero attached hydrogens (tertiary/aromatic N) is 1. The van der Waals surface area contributed by atoms with Gasteiger partial charge in [0.15, 0.2) is 0 Å². The second kappa shape index (κ2) is 8.26. The lowest BCUT2D eigenvalue weighted by atomic mass is 10.2. The van der Waals surface area contributed by atoms with Crippen molar-refractivity contribution in [1.82, 2.24) is 10.7 Å². The van der Waals surface area contributed by atoms with E-state index in [9.17, 15) is 9.59 Å². The van der Waals surface area contributed by atoms with Crippen LogP contribution in [0.4, 0.5) is 0 Å². The second-order valence-electron chi connectivity index (χ2n) is 4.69. The van der Waals surface area contributed by atoms with E-state index in [1.165, 1.54) is 13.3 Å². The summed E-state index contributed by atoms with van der Waals surface area (Å²) < 4.78 is 5.13. The summed E-state index contributed by atoms with van der Waals surface area (Å²) in [4.78, 5) is 22.9. The minimum Gasteiger partial charge on any atom is -0.496 e. The number of nitrogens with one attached hydrogen (secondary N) is 2. The van der Waals surface area contributed by atoms with E-state index in [0.717, 1.165) is 0 Å². The highest BCUT2D eigenvalue weighted by Crippen LogP contribution is 2.20. The van der Waals surface area contributed by atoms with Gasteiger partial charge in [-0.05, 0) is 24.1 Å². The third kappa shape index (κ3) is 5.83. The van der Waals surface area contributed by atoms with Gasteiger partial charge in [-0.25, -0.2) is 5.43 Å². The predicted octanol–water partition coefficient (Wildman–Crippen LogP) is 1.57. The van der Waals surface area contributed by atoms with Crippen LogP contribution in [0.25, 0.3) is 0 Å². The summed E-state index contributed by atoms with van der Waals surface area (Å²) in [6, 6.07) is 4.99. The van der Waals surface area contributed by atoms with Crippen LogP contribution in [0, 0.1) is 5.92 Å². The molecule has 2 amide bonds. The van der Waals surface area contributed by atoms with Crippen molar-refractivity contribution in [1.29, 1.82) is 0 Å². The lowest BCUT2D eigenvalue weighted by Gasteiger charge is -2.06. The first-order valence-corrected chi connectivity index (χ1v) is 6.76. The van der Waals surface area contributed by atoms with Crippen molar-refractivity contribution in [3.8, 4) is 5.75 Å². The number of benzene rings is 1. The SMILES string of the molecule is COc1ccc(Cl)cc1/C=N\NC(=O)C(=O)NCC(C)C. The number of halogens is 1. The molecular formula is C14H18ClN3O3. The van der Waals surface area contributed by atoms with Gasteiger partial charge in [0.2, 0.25) is 0 Å². The van der Waals surface area contributed by atoms with Crippen molar-refractivity contribution in [2.45, 2.75) is 13.8 Å². The molecule has 0 spiro atoms. The Morgan fingerprint density at radius 1 is 1.38 bits per heavy atom. The fraction of sp³-hybridized carbons (Fsp3) is 0.357. The van der Waals surface area contributed by atoms with Crippen molar-refractivity contribution in [3.05, 3.63) is 28.8 Å². The average molecular weight is 312 g/mol. The largest absolute Gasteiger partial charge is 0.496 e. The lowest BCUT2D eigenvalue weighted by Crippen LogP contribution is -2.39. The van der Waals surface area contributed by atoms with Gasteiger partial charge in [-0.3, -0.25) is 9.59 Å². The molecule has 1 aromatic rings. The van der Waals surface area contributed by atoms with Gasteiger partial charge < -0.3 is 10.1 Å². The summed E-state index contributed by atoms with van der Waals surface area (Å²) >= 11 is 5.87. The van der Waals surface area contributed by atoms with Crippen LogP contribution in [0.5, 0.6) is 5.75 Å². The molecule has 0 bridgehead atoms. The first-order chi connectivity index (χ1) is 9.93. The standard InChI is InChI=1S/C14H18ClN3O3/c1-9(2)7-16-13(19)14(20)18-17-8-10-6-11(15)4-5-12(10)21-3/h4-6,8-9H,7H2,1-3H3,(H,16,19)(H,18,20)/b17-8-. The number of hydrogen-bond donors (Lipinski definition) is 2. The van der Waals surface area contributed by atoms with E-state index in [4.69, 9.17) is 16.3 Å². The number of hydrogen-bond acceptors (Lipinski definition) is 4. The van der Waals surface area contributed by atoms with Crippen LogP contribution in [-0.2, 0) is 9.59 Å². The van der Waals surface area contributed by atoms with E-state index in [-0.39, 0.29) is 5.92 Å². The Morgan fingerprint density at radius 2 is 2.10 bits per heavy atom. The van der Waals surface area contributed by atoms with E-state index >= 15 is 0 Å². The van der Waals surface area contributed by atoms with E-state index in [1.54, 1.807) is 18.2 Å². The van der Waals surface area contributed by atoms with Crippen molar-refractivity contribution in [2.75, 3.05) is 13.7 Å². The summed E-state index contributed by atoms with van der Waals surface area (Å²) in [5.74, 6) is -0.727. The highest BCUT2D eigenvalue weighted by molar-refractivity contribution is 6.35. The second-order valence-corrected chi connectivity index (χ2v) is 5.13. The predicted molar refractivity (Wildman–Crippen MR) is 81.6 cm³/mol. The zero-order valence-corrected chi connectivity index (χ0v) is 12.9. The molecule has 0 saturated heterocycles. The third-order valence-electron chi connectivity index (χ3n) is 2.44. The molecule has 114 valence electrons. The molecule has 0 saturated carbocycles. The molecular weight excluding hydrogens is 294 g/mol. The number of ether oxygens (including phenoxy) is 1. The summed E-state index contributed by atoms with van der Waals surface area (Å²) in [5.41, 5.74) is 2.74. The quantitative estimate of drug-likeness (QED) is 0.492. The van der Waals surface area contributed by atoms with E-state index in [1.807, 2.05) is 13.8 Å². The van der Waals surface area contributed by atoms with Crippen LogP contribution >= 0.6 is 11.6 Å². The van der Waals surface area contributed by atoms with Gasteiger partial charge in [0.25, 0.3) is 0 Å². The molecule has 2 N–H and O–H groups in total.